The van der Waals surface area contributed by atoms with Gasteiger partial charge in [0, 0.05) is 10.9 Å². The van der Waals surface area contributed by atoms with Gasteiger partial charge in [-0.1, -0.05) is 46.3 Å². The molecule has 0 aromatic heterocycles. The molecule has 64 valence electrons. The van der Waals surface area contributed by atoms with Crippen LogP contribution in [-0.2, 0) is 0 Å². The molecule has 0 N–H and O–H groups in total. The highest BCUT2D eigenvalue weighted by Crippen LogP contribution is 2.13. The smallest absolute Gasteiger partial charge is 0.133 e. The fourth-order valence-electron chi connectivity index (χ4n) is 0.970. The number of rotatable bonds is 2. The minimum absolute atomic E-state index is 0.130. The maximum atomic E-state index is 13.3. The van der Waals surface area contributed by atoms with E-state index in [0.29, 0.717) is 11.1 Å². The second-order valence-corrected chi connectivity index (χ2v) is 3.18. The van der Waals surface area contributed by atoms with Crippen molar-refractivity contribution in [1.29, 1.82) is 0 Å². The van der Waals surface area contributed by atoms with Crippen molar-refractivity contribution in [3.63, 3.8) is 0 Å². The summed E-state index contributed by atoms with van der Waals surface area (Å²) in [5, 5.41) is 0.750. The van der Waals surface area contributed by atoms with Crippen LogP contribution >= 0.6 is 15.9 Å². The van der Waals surface area contributed by atoms with E-state index < -0.39 is 0 Å². The van der Waals surface area contributed by atoms with E-state index in [4.69, 9.17) is 0 Å². The second kappa shape index (κ2) is 4.41. The first kappa shape index (κ1) is 9.46. The van der Waals surface area contributed by atoms with Gasteiger partial charge >= 0.3 is 0 Å². The lowest BCUT2D eigenvalue weighted by molar-refractivity contribution is 0.616. The normalized spacial score (nSPS) is 10.9. The Kier molecular flexibility index (Phi) is 3.48. The van der Waals surface area contributed by atoms with E-state index in [1.54, 1.807) is 25.1 Å². The highest BCUT2D eigenvalue weighted by molar-refractivity contribution is 9.09. The molecule has 0 aliphatic rings. The minimum Gasteiger partial charge on any atom is -0.206 e. The zero-order valence-corrected chi connectivity index (χ0v) is 8.44. The Labute approximate surface area is 80.2 Å². The van der Waals surface area contributed by atoms with Crippen LogP contribution in [0.15, 0.2) is 24.3 Å². The van der Waals surface area contributed by atoms with Gasteiger partial charge in [0.1, 0.15) is 5.82 Å². The monoisotopic (exact) mass is 228 g/mol. The molecule has 0 saturated carbocycles. The number of hydrogen-bond donors (Lipinski definition) is 0. The van der Waals surface area contributed by atoms with Gasteiger partial charge in [0.2, 0.25) is 0 Å². The van der Waals surface area contributed by atoms with Crippen molar-refractivity contribution in [2.24, 2.45) is 0 Å². The summed E-state index contributed by atoms with van der Waals surface area (Å²) < 4.78 is 13.3. The average Bonchev–Trinajstić information content (AvgIpc) is 2.08. The molecule has 0 heterocycles. The number of halogens is 2. The lowest BCUT2D eigenvalue weighted by Crippen LogP contribution is -1.85. The third-order valence-electron chi connectivity index (χ3n) is 1.61. The lowest BCUT2D eigenvalue weighted by atomic mass is 10.1. The maximum Gasteiger partial charge on any atom is 0.133 e. The summed E-state index contributed by atoms with van der Waals surface area (Å²) in [4.78, 5) is 0. The fourth-order valence-corrected chi connectivity index (χ4v) is 1.16. The Bertz CT molecular complexity index is 292. The lowest BCUT2D eigenvalue weighted by Gasteiger charge is -1.98. The van der Waals surface area contributed by atoms with E-state index in [-0.39, 0.29) is 5.82 Å². The van der Waals surface area contributed by atoms with Crippen LogP contribution in [0.25, 0.3) is 6.08 Å². The Hall–Kier alpha value is -0.630. The van der Waals surface area contributed by atoms with Crippen molar-refractivity contribution in [1.82, 2.24) is 0 Å². The van der Waals surface area contributed by atoms with E-state index >= 15 is 0 Å². The van der Waals surface area contributed by atoms with Gasteiger partial charge in [-0.05, 0) is 12.5 Å². The minimum atomic E-state index is -0.130. The first-order valence-corrected chi connectivity index (χ1v) is 4.85. The number of aryl methyl sites for hydroxylation is 1. The van der Waals surface area contributed by atoms with Gasteiger partial charge in [-0.15, -0.1) is 0 Å². The zero-order chi connectivity index (χ0) is 8.97. The molecule has 0 fully saturated rings. The first-order valence-electron chi connectivity index (χ1n) is 3.73. The summed E-state index contributed by atoms with van der Waals surface area (Å²) in [6.07, 6.45) is 3.65. The van der Waals surface area contributed by atoms with Crippen LogP contribution in [0, 0.1) is 12.7 Å². The predicted octanol–water partition coefficient (Wildman–Crippen LogP) is 3.54. The van der Waals surface area contributed by atoms with Crippen molar-refractivity contribution in [2.45, 2.75) is 6.92 Å². The Morgan fingerprint density at radius 1 is 1.50 bits per heavy atom. The highest BCUT2D eigenvalue weighted by atomic mass is 79.9. The molecule has 1 aromatic rings. The van der Waals surface area contributed by atoms with Crippen molar-refractivity contribution in [3.8, 4) is 0 Å². The van der Waals surface area contributed by atoms with E-state index in [2.05, 4.69) is 15.9 Å². The van der Waals surface area contributed by atoms with Crippen molar-refractivity contribution >= 4 is 22.0 Å². The number of allylic oxidation sites excluding steroid dienone is 1. The second-order valence-electron chi connectivity index (χ2n) is 2.53. The maximum absolute atomic E-state index is 13.3. The molecular formula is C10H10BrF. The van der Waals surface area contributed by atoms with E-state index in [1.807, 2.05) is 12.1 Å². The molecule has 0 spiro atoms. The topological polar surface area (TPSA) is 0 Å². The number of benzene rings is 1. The highest BCUT2D eigenvalue weighted by Gasteiger charge is 1.99. The predicted molar refractivity (Wildman–Crippen MR) is 54.0 cm³/mol. The third-order valence-corrected chi connectivity index (χ3v) is 1.98. The van der Waals surface area contributed by atoms with Gasteiger partial charge < -0.3 is 0 Å². The molecule has 12 heavy (non-hydrogen) atoms. The first-order chi connectivity index (χ1) is 5.75. The molecule has 0 bridgehead atoms. The molecular weight excluding hydrogens is 219 g/mol. The Balaban J connectivity index is 3.00. The van der Waals surface area contributed by atoms with Gasteiger partial charge in [0.05, 0.1) is 0 Å². The molecule has 0 atom stereocenters. The van der Waals surface area contributed by atoms with Gasteiger partial charge in [-0.25, -0.2) is 4.39 Å². The standard InChI is InChI=1S/C10H10BrF/c1-8-4-2-5-9(10(8)12)6-3-7-11/h2-6H,7H2,1H3. The number of alkyl halides is 1. The molecule has 0 aliphatic heterocycles. The molecule has 1 rings (SSSR count). The molecule has 0 nitrogen and oxygen atoms in total. The van der Waals surface area contributed by atoms with Gasteiger partial charge in [-0.3, -0.25) is 0 Å². The van der Waals surface area contributed by atoms with Gasteiger partial charge in [0.15, 0.2) is 0 Å². The third kappa shape index (κ3) is 2.18. The molecule has 0 unspecified atom stereocenters. The van der Waals surface area contributed by atoms with Crippen LogP contribution in [0.3, 0.4) is 0 Å². The van der Waals surface area contributed by atoms with Crippen LogP contribution in [0.2, 0.25) is 0 Å². The largest absolute Gasteiger partial charge is 0.206 e. The summed E-state index contributed by atoms with van der Waals surface area (Å²) in [6, 6.07) is 5.38. The Morgan fingerprint density at radius 3 is 2.92 bits per heavy atom. The molecule has 2 heteroatoms. The van der Waals surface area contributed by atoms with E-state index in [0.717, 1.165) is 5.33 Å². The quantitative estimate of drug-likeness (QED) is 0.680. The van der Waals surface area contributed by atoms with Crippen LogP contribution in [0.1, 0.15) is 11.1 Å². The summed E-state index contributed by atoms with van der Waals surface area (Å²) in [6.45, 7) is 1.76. The zero-order valence-electron chi connectivity index (χ0n) is 6.85. The van der Waals surface area contributed by atoms with E-state index in [1.165, 1.54) is 0 Å². The van der Waals surface area contributed by atoms with Crippen molar-refractivity contribution in [2.75, 3.05) is 5.33 Å². The molecule has 0 aliphatic carbocycles. The van der Waals surface area contributed by atoms with Crippen LogP contribution in [0.5, 0.6) is 0 Å². The molecule has 0 radical (unpaired) electrons. The van der Waals surface area contributed by atoms with Crippen LogP contribution in [-0.4, -0.2) is 5.33 Å². The molecule has 1 aromatic carbocycles. The summed E-state index contributed by atoms with van der Waals surface area (Å²) in [7, 11) is 0. The molecule has 0 saturated heterocycles. The number of hydrogen-bond acceptors (Lipinski definition) is 0. The van der Waals surface area contributed by atoms with Crippen LogP contribution in [0.4, 0.5) is 4.39 Å². The van der Waals surface area contributed by atoms with Gasteiger partial charge in [-0.2, -0.15) is 0 Å². The van der Waals surface area contributed by atoms with Crippen molar-refractivity contribution < 1.29 is 4.39 Å². The van der Waals surface area contributed by atoms with Crippen molar-refractivity contribution in [3.05, 3.63) is 41.2 Å². The Morgan fingerprint density at radius 2 is 2.25 bits per heavy atom. The fraction of sp³-hybridized carbons (Fsp3) is 0.200. The van der Waals surface area contributed by atoms with E-state index in [9.17, 15) is 4.39 Å². The summed E-state index contributed by atoms with van der Waals surface area (Å²) >= 11 is 3.24. The SMILES string of the molecule is Cc1cccc(C=CCBr)c1F. The average molecular weight is 229 g/mol. The summed E-state index contributed by atoms with van der Waals surface area (Å²) in [5.74, 6) is -0.130. The van der Waals surface area contributed by atoms with Gasteiger partial charge in [0.25, 0.3) is 0 Å². The molecule has 0 amide bonds. The van der Waals surface area contributed by atoms with Crippen LogP contribution < -0.4 is 0 Å². The summed E-state index contributed by atoms with van der Waals surface area (Å²) in [5.41, 5.74) is 1.33.